The van der Waals surface area contributed by atoms with E-state index in [9.17, 15) is 18.0 Å². The molecule has 0 aliphatic rings. The molecule has 10 heteroatoms. The number of carbonyl (C=O) groups is 1. The Kier molecular flexibility index (Phi) is 6.73. The third kappa shape index (κ3) is 6.24. The lowest BCUT2D eigenvalue weighted by Gasteiger charge is -2.25. The van der Waals surface area contributed by atoms with E-state index < -0.39 is 18.4 Å². The molecule has 3 aromatic rings. The van der Waals surface area contributed by atoms with Gasteiger partial charge in [-0.05, 0) is 31.5 Å². The van der Waals surface area contributed by atoms with E-state index in [0.29, 0.717) is 0 Å². The fourth-order valence-electron chi connectivity index (χ4n) is 2.99. The lowest BCUT2D eigenvalue weighted by atomic mass is 10.0. The maximum Gasteiger partial charge on any atom is 0.422 e. The number of nitrogens with two attached hydrogens (primary N) is 1. The molecule has 32 heavy (non-hydrogen) atoms. The standard InChI is InChI=1S/C22H22F3N5O2/c1-14-20(28-10-9-27-14)16-5-3-15(4-6-16)11-19(31)30-21(2,26)18-8-7-17(12-29-18)32-13-22(23,24)25/h3-10,12H,11,13,26H2,1-2H3,(H,30,31). The Balaban J connectivity index is 1.60. The van der Waals surface area contributed by atoms with Crippen molar-refractivity contribution in [2.24, 2.45) is 5.73 Å². The third-order valence-corrected chi connectivity index (χ3v) is 4.54. The number of nitrogens with one attached hydrogen (secondary N) is 1. The van der Waals surface area contributed by atoms with Crippen LogP contribution in [-0.2, 0) is 16.9 Å². The van der Waals surface area contributed by atoms with Crippen LogP contribution in [0, 0.1) is 6.92 Å². The zero-order valence-corrected chi connectivity index (χ0v) is 17.5. The Bertz CT molecular complexity index is 1070. The molecule has 0 aliphatic carbocycles. The fraction of sp³-hybridized carbons (Fsp3) is 0.273. The van der Waals surface area contributed by atoms with Crippen molar-refractivity contribution in [3.05, 3.63) is 71.9 Å². The average Bonchev–Trinajstić information content (AvgIpc) is 2.73. The van der Waals surface area contributed by atoms with Gasteiger partial charge in [-0.2, -0.15) is 13.2 Å². The van der Waals surface area contributed by atoms with Gasteiger partial charge in [-0.3, -0.25) is 19.7 Å². The molecule has 0 aliphatic heterocycles. The zero-order chi connectivity index (χ0) is 23.4. The maximum atomic E-state index is 12.5. The van der Waals surface area contributed by atoms with Gasteiger partial charge in [-0.25, -0.2) is 0 Å². The smallest absolute Gasteiger partial charge is 0.422 e. The van der Waals surface area contributed by atoms with Gasteiger partial charge in [0, 0.05) is 18.0 Å². The molecule has 0 spiro atoms. The first-order chi connectivity index (χ1) is 15.0. The van der Waals surface area contributed by atoms with Crippen molar-refractivity contribution in [3.8, 4) is 17.0 Å². The Morgan fingerprint density at radius 1 is 1.06 bits per heavy atom. The maximum absolute atomic E-state index is 12.5. The molecule has 1 aromatic carbocycles. The molecule has 0 bridgehead atoms. The normalized spacial score (nSPS) is 13.3. The number of carbonyl (C=O) groups excluding carboxylic acids is 1. The molecule has 2 heterocycles. The molecule has 3 rings (SSSR count). The third-order valence-electron chi connectivity index (χ3n) is 4.54. The summed E-state index contributed by atoms with van der Waals surface area (Å²) < 4.78 is 41.3. The van der Waals surface area contributed by atoms with E-state index >= 15 is 0 Å². The number of amides is 1. The van der Waals surface area contributed by atoms with Crippen LogP contribution in [-0.4, -0.2) is 33.6 Å². The highest BCUT2D eigenvalue weighted by Gasteiger charge is 2.29. The van der Waals surface area contributed by atoms with Gasteiger partial charge in [-0.1, -0.05) is 24.3 Å². The number of pyridine rings is 1. The molecule has 2 aromatic heterocycles. The second kappa shape index (κ2) is 9.31. The minimum Gasteiger partial charge on any atom is -0.483 e. The van der Waals surface area contributed by atoms with E-state index in [1.807, 2.05) is 31.2 Å². The van der Waals surface area contributed by atoms with Crippen LogP contribution >= 0.6 is 0 Å². The van der Waals surface area contributed by atoms with Crippen LogP contribution < -0.4 is 15.8 Å². The van der Waals surface area contributed by atoms with Crippen LogP contribution in [0.1, 0.15) is 23.9 Å². The first-order valence-corrected chi connectivity index (χ1v) is 9.66. The van der Waals surface area contributed by atoms with Crippen molar-refractivity contribution in [3.63, 3.8) is 0 Å². The van der Waals surface area contributed by atoms with Crippen molar-refractivity contribution in [1.82, 2.24) is 20.3 Å². The monoisotopic (exact) mass is 445 g/mol. The summed E-state index contributed by atoms with van der Waals surface area (Å²) in [6.07, 6.45) is 0.0134. The van der Waals surface area contributed by atoms with Gasteiger partial charge in [0.2, 0.25) is 5.91 Å². The summed E-state index contributed by atoms with van der Waals surface area (Å²) in [6.45, 7) is 2.00. The Morgan fingerprint density at radius 3 is 2.34 bits per heavy atom. The second-order valence-corrected chi connectivity index (χ2v) is 7.40. The van der Waals surface area contributed by atoms with Gasteiger partial charge in [0.05, 0.1) is 29.7 Å². The Labute approximate surface area is 182 Å². The van der Waals surface area contributed by atoms with Crippen LogP contribution in [0.25, 0.3) is 11.3 Å². The first kappa shape index (κ1) is 23.1. The zero-order valence-electron chi connectivity index (χ0n) is 17.5. The number of rotatable bonds is 7. The Hall–Kier alpha value is -3.53. The lowest BCUT2D eigenvalue weighted by molar-refractivity contribution is -0.153. The molecule has 0 fully saturated rings. The van der Waals surface area contributed by atoms with E-state index in [0.717, 1.165) is 28.7 Å². The van der Waals surface area contributed by atoms with Gasteiger partial charge < -0.3 is 15.8 Å². The quantitative estimate of drug-likeness (QED) is 0.541. The van der Waals surface area contributed by atoms with Crippen LogP contribution in [0.5, 0.6) is 5.75 Å². The lowest BCUT2D eigenvalue weighted by Crippen LogP contribution is -2.51. The predicted molar refractivity (Wildman–Crippen MR) is 111 cm³/mol. The van der Waals surface area contributed by atoms with Crippen molar-refractivity contribution >= 4 is 5.91 Å². The number of ether oxygens (including phenoxy) is 1. The highest BCUT2D eigenvalue weighted by molar-refractivity contribution is 5.79. The average molecular weight is 445 g/mol. The second-order valence-electron chi connectivity index (χ2n) is 7.40. The predicted octanol–water partition coefficient (Wildman–Crippen LogP) is 3.28. The van der Waals surface area contributed by atoms with Gasteiger partial charge in [-0.15, -0.1) is 0 Å². The van der Waals surface area contributed by atoms with Crippen molar-refractivity contribution in [1.29, 1.82) is 0 Å². The van der Waals surface area contributed by atoms with Crippen LogP contribution in [0.15, 0.2) is 55.0 Å². The largest absolute Gasteiger partial charge is 0.483 e. The number of hydrogen-bond acceptors (Lipinski definition) is 6. The minimum atomic E-state index is -4.44. The molecule has 1 amide bonds. The molecule has 1 unspecified atom stereocenters. The van der Waals surface area contributed by atoms with Crippen molar-refractivity contribution < 1.29 is 22.7 Å². The molecule has 7 nitrogen and oxygen atoms in total. The summed E-state index contributed by atoms with van der Waals surface area (Å²) in [5, 5.41) is 2.69. The first-order valence-electron chi connectivity index (χ1n) is 9.66. The number of hydrogen-bond donors (Lipinski definition) is 2. The minimum absolute atomic E-state index is 0.0494. The molecule has 0 saturated heterocycles. The molecule has 168 valence electrons. The molecule has 0 saturated carbocycles. The number of halogens is 3. The summed E-state index contributed by atoms with van der Waals surface area (Å²) >= 11 is 0. The summed E-state index contributed by atoms with van der Waals surface area (Å²) in [5.74, 6) is -0.385. The number of alkyl halides is 3. The summed E-state index contributed by atoms with van der Waals surface area (Å²) in [7, 11) is 0. The summed E-state index contributed by atoms with van der Waals surface area (Å²) in [6, 6.07) is 10.1. The molecular weight excluding hydrogens is 423 g/mol. The van der Waals surface area contributed by atoms with E-state index in [-0.39, 0.29) is 23.8 Å². The van der Waals surface area contributed by atoms with E-state index in [1.54, 1.807) is 19.3 Å². The van der Waals surface area contributed by atoms with Gasteiger partial charge in [0.25, 0.3) is 0 Å². The Morgan fingerprint density at radius 2 is 1.75 bits per heavy atom. The van der Waals surface area contributed by atoms with E-state index in [4.69, 9.17) is 5.73 Å². The van der Waals surface area contributed by atoms with Crippen molar-refractivity contribution in [2.45, 2.75) is 32.1 Å². The van der Waals surface area contributed by atoms with Crippen LogP contribution in [0.3, 0.4) is 0 Å². The molecular formula is C22H22F3N5O2. The van der Waals surface area contributed by atoms with Gasteiger partial charge in [0.1, 0.15) is 11.4 Å². The highest BCUT2D eigenvalue weighted by Crippen LogP contribution is 2.21. The van der Waals surface area contributed by atoms with Crippen molar-refractivity contribution in [2.75, 3.05) is 6.61 Å². The number of nitrogens with zero attached hydrogens (tertiary/aromatic N) is 3. The number of aromatic nitrogens is 3. The van der Waals surface area contributed by atoms with Gasteiger partial charge in [0.15, 0.2) is 6.61 Å². The SMILES string of the molecule is Cc1nccnc1-c1ccc(CC(=O)NC(C)(N)c2ccc(OCC(F)(F)F)cn2)cc1. The van der Waals surface area contributed by atoms with E-state index in [2.05, 4.69) is 25.0 Å². The molecule has 1 atom stereocenters. The highest BCUT2D eigenvalue weighted by atomic mass is 19.4. The van der Waals surface area contributed by atoms with E-state index in [1.165, 1.54) is 12.1 Å². The fourth-order valence-corrected chi connectivity index (χ4v) is 2.99. The van der Waals surface area contributed by atoms with Gasteiger partial charge >= 0.3 is 6.18 Å². The summed E-state index contributed by atoms with van der Waals surface area (Å²) in [5.41, 5.74) is 8.36. The number of benzene rings is 1. The molecule has 3 N–H and O–H groups in total. The molecule has 0 radical (unpaired) electrons. The van der Waals surface area contributed by atoms with Crippen LogP contribution in [0.4, 0.5) is 13.2 Å². The van der Waals surface area contributed by atoms with Crippen LogP contribution in [0.2, 0.25) is 0 Å². The topological polar surface area (TPSA) is 103 Å². The summed E-state index contributed by atoms with van der Waals surface area (Å²) in [4.78, 5) is 25.1. The number of aryl methyl sites for hydroxylation is 1.